The van der Waals surface area contributed by atoms with Crippen LogP contribution in [0.2, 0.25) is 0 Å². The highest BCUT2D eigenvalue weighted by atomic mass is 16.6. The molecule has 0 unspecified atom stereocenters. The Balaban J connectivity index is 1.58. The van der Waals surface area contributed by atoms with Gasteiger partial charge >= 0.3 is 5.97 Å². The summed E-state index contributed by atoms with van der Waals surface area (Å²) in [6.07, 6.45) is 15.0. The molecule has 0 aromatic heterocycles. The minimum atomic E-state index is -0.246. The van der Waals surface area contributed by atoms with Crippen molar-refractivity contribution in [2.75, 3.05) is 0 Å². The molecule has 5 atom stereocenters. The van der Waals surface area contributed by atoms with E-state index in [1.54, 1.807) is 0 Å². The smallest absolute Gasteiger partial charge is 0.306 e. The first-order valence-electron chi connectivity index (χ1n) is 9.74. The number of ketones is 1. The summed E-state index contributed by atoms with van der Waals surface area (Å²) in [6.45, 7) is 4.67. The van der Waals surface area contributed by atoms with Crippen molar-refractivity contribution < 1.29 is 14.3 Å². The Morgan fingerprint density at radius 2 is 1.96 bits per heavy atom. The number of hydrogen-bond donors (Lipinski definition) is 0. The van der Waals surface area contributed by atoms with Crippen LogP contribution >= 0.6 is 0 Å². The number of fused-ring (bicyclic) bond motifs is 6. The first-order valence-corrected chi connectivity index (χ1v) is 9.74. The van der Waals surface area contributed by atoms with Gasteiger partial charge < -0.3 is 4.74 Å². The second kappa shape index (κ2) is 4.75. The van der Waals surface area contributed by atoms with Crippen molar-refractivity contribution in [1.29, 1.82) is 0 Å². The van der Waals surface area contributed by atoms with Gasteiger partial charge in [-0.25, -0.2) is 0 Å². The topological polar surface area (TPSA) is 43.4 Å². The van der Waals surface area contributed by atoms with Gasteiger partial charge in [0.05, 0.1) is 0 Å². The Morgan fingerprint density at radius 1 is 1.12 bits per heavy atom. The Hall–Kier alpha value is -1.64. The molecule has 0 N–H and O–H groups in total. The lowest BCUT2D eigenvalue weighted by atomic mass is 9.52. The summed E-state index contributed by atoms with van der Waals surface area (Å²) in [5.41, 5.74) is 2.51. The zero-order valence-electron chi connectivity index (χ0n) is 15.1. The number of ether oxygens (including phenoxy) is 1. The van der Waals surface area contributed by atoms with Crippen LogP contribution in [0.4, 0.5) is 0 Å². The van der Waals surface area contributed by atoms with E-state index in [1.165, 1.54) is 11.1 Å². The number of hydrogen-bond acceptors (Lipinski definition) is 3. The van der Waals surface area contributed by atoms with Crippen molar-refractivity contribution in [2.45, 2.75) is 64.4 Å². The first kappa shape index (κ1) is 15.6. The van der Waals surface area contributed by atoms with Gasteiger partial charge in [-0.2, -0.15) is 0 Å². The highest BCUT2D eigenvalue weighted by Gasteiger charge is 2.64. The molecule has 0 aromatic rings. The third-order valence-corrected chi connectivity index (χ3v) is 8.24. The molecule has 0 radical (unpaired) electrons. The summed E-state index contributed by atoms with van der Waals surface area (Å²) in [7, 11) is 0. The second-order valence-electron chi connectivity index (χ2n) is 9.18. The van der Waals surface area contributed by atoms with Gasteiger partial charge in [-0.1, -0.05) is 37.6 Å². The maximum atomic E-state index is 11.9. The molecular weight excluding hydrogens is 312 g/mol. The normalized spacial score (nSPS) is 47.8. The number of rotatable bonds is 0. The molecule has 0 amide bonds. The highest BCUT2D eigenvalue weighted by molar-refractivity contribution is 5.92. The van der Waals surface area contributed by atoms with Crippen molar-refractivity contribution in [2.24, 2.45) is 22.7 Å². The zero-order chi connectivity index (χ0) is 17.4. The lowest BCUT2D eigenvalue weighted by molar-refractivity contribution is -0.159. The summed E-state index contributed by atoms with van der Waals surface area (Å²) in [5.74, 6) is 1.20. The Kier molecular flexibility index (Phi) is 2.96. The quantitative estimate of drug-likeness (QED) is 0.489. The van der Waals surface area contributed by atoms with E-state index in [1.807, 2.05) is 6.08 Å². The van der Waals surface area contributed by atoms with E-state index in [4.69, 9.17) is 4.74 Å². The predicted octanol–water partition coefficient (Wildman–Crippen LogP) is 4.29. The monoisotopic (exact) mass is 338 g/mol. The average Bonchev–Trinajstić information content (AvgIpc) is 3.10. The van der Waals surface area contributed by atoms with Crippen LogP contribution in [0.1, 0.15) is 58.8 Å². The van der Waals surface area contributed by atoms with E-state index in [-0.39, 0.29) is 28.2 Å². The van der Waals surface area contributed by atoms with Gasteiger partial charge in [0.2, 0.25) is 0 Å². The lowest BCUT2D eigenvalue weighted by Crippen LogP contribution is -2.50. The van der Waals surface area contributed by atoms with Crippen LogP contribution in [0.15, 0.2) is 35.5 Å². The molecule has 1 saturated heterocycles. The number of carbonyl (C=O) groups is 2. The fourth-order valence-electron chi connectivity index (χ4n) is 6.62. The van der Waals surface area contributed by atoms with Crippen molar-refractivity contribution in [3.63, 3.8) is 0 Å². The third-order valence-electron chi connectivity index (χ3n) is 8.24. The van der Waals surface area contributed by atoms with Gasteiger partial charge in [0.25, 0.3) is 0 Å². The van der Waals surface area contributed by atoms with Gasteiger partial charge in [-0.05, 0) is 49.7 Å². The Labute approximate surface area is 149 Å². The first-order chi connectivity index (χ1) is 11.9. The molecule has 4 aliphatic carbocycles. The van der Waals surface area contributed by atoms with E-state index >= 15 is 0 Å². The van der Waals surface area contributed by atoms with Crippen molar-refractivity contribution in [3.8, 4) is 0 Å². The molecular formula is C22H26O3. The lowest BCUT2D eigenvalue weighted by Gasteiger charge is -2.52. The molecule has 5 aliphatic rings. The molecule has 1 saturated carbocycles. The highest BCUT2D eigenvalue weighted by Crippen LogP contribution is 2.66. The maximum Gasteiger partial charge on any atom is 0.306 e. The van der Waals surface area contributed by atoms with Crippen LogP contribution in [0.3, 0.4) is 0 Å². The van der Waals surface area contributed by atoms with Crippen LogP contribution in [0, 0.1) is 22.7 Å². The van der Waals surface area contributed by atoms with Gasteiger partial charge in [0.15, 0.2) is 5.78 Å². The van der Waals surface area contributed by atoms with Crippen LogP contribution in [0.5, 0.6) is 0 Å². The SMILES string of the molecule is C[C@]12CCC(=O)C=C1C=C[C@@H]1C2=CC[C@@]2(C)[C@H]1CC[C@]21CCC(=O)O1. The van der Waals surface area contributed by atoms with Crippen LogP contribution in [-0.2, 0) is 14.3 Å². The third kappa shape index (κ3) is 1.82. The molecule has 0 aromatic carbocycles. The largest absolute Gasteiger partial charge is 0.458 e. The molecule has 132 valence electrons. The van der Waals surface area contributed by atoms with Crippen molar-refractivity contribution in [1.82, 2.24) is 0 Å². The van der Waals surface area contributed by atoms with E-state index < -0.39 is 0 Å². The van der Waals surface area contributed by atoms with Gasteiger partial charge in [0, 0.05) is 29.6 Å². The number of allylic oxidation sites excluding steroid dienone is 6. The maximum absolute atomic E-state index is 11.9. The summed E-state index contributed by atoms with van der Waals surface area (Å²) in [6, 6.07) is 0. The molecule has 1 aliphatic heterocycles. The van der Waals surface area contributed by atoms with Gasteiger partial charge in [0.1, 0.15) is 5.60 Å². The minimum absolute atomic E-state index is 0.0107. The number of esters is 1. The van der Waals surface area contributed by atoms with E-state index in [0.29, 0.717) is 24.7 Å². The minimum Gasteiger partial charge on any atom is -0.458 e. The predicted molar refractivity (Wildman–Crippen MR) is 94.6 cm³/mol. The molecule has 2 fully saturated rings. The van der Waals surface area contributed by atoms with Crippen molar-refractivity contribution in [3.05, 3.63) is 35.5 Å². The molecule has 0 bridgehead atoms. The van der Waals surface area contributed by atoms with Crippen LogP contribution < -0.4 is 0 Å². The second-order valence-corrected chi connectivity index (χ2v) is 9.18. The average molecular weight is 338 g/mol. The van der Waals surface area contributed by atoms with Crippen LogP contribution in [0.25, 0.3) is 0 Å². The van der Waals surface area contributed by atoms with Gasteiger partial charge in [-0.3, -0.25) is 9.59 Å². The molecule has 1 spiro atoms. The number of carbonyl (C=O) groups excluding carboxylic acids is 2. The molecule has 3 nitrogen and oxygen atoms in total. The zero-order valence-corrected chi connectivity index (χ0v) is 15.1. The molecule has 5 rings (SSSR count). The van der Waals surface area contributed by atoms with E-state index in [0.717, 1.165) is 32.1 Å². The Bertz CT molecular complexity index is 772. The Morgan fingerprint density at radius 3 is 2.72 bits per heavy atom. The fourth-order valence-corrected chi connectivity index (χ4v) is 6.62. The van der Waals surface area contributed by atoms with E-state index in [2.05, 4.69) is 32.1 Å². The fraction of sp³-hybridized carbons (Fsp3) is 0.636. The molecule has 3 heteroatoms. The summed E-state index contributed by atoms with van der Waals surface area (Å²) >= 11 is 0. The van der Waals surface area contributed by atoms with E-state index in [9.17, 15) is 9.59 Å². The molecule has 1 heterocycles. The van der Waals surface area contributed by atoms with Gasteiger partial charge in [-0.15, -0.1) is 0 Å². The van der Waals surface area contributed by atoms with Crippen LogP contribution in [-0.4, -0.2) is 17.4 Å². The summed E-state index contributed by atoms with van der Waals surface area (Å²) < 4.78 is 5.96. The molecule has 25 heavy (non-hydrogen) atoms. The summed E-state index contributed by atoms with van der Waals surface area (Å²) in [4.78, 5) is 23.8. The summed E-state index contributed by atoms with van der Waals surface area (Å²) in [5, 5.41) is 0. The van der Waals surface area contributed by atoms with Crippen molar-refractivity contribution >= 4 is 11.8 Å². The standard InChI is InChI=1S/C22H26O3/c1-20-9-5-15(23)13-14(20)3-4-16-17(20)6-10-21(2)18(16)7-11-22(21)12-8-19(24)25-22/h3-4,6,13,16,18H,5,7-12H2,1-2H3/t16-,18+,20+,21+,22+/m1/s1.